The van der Waals surface area contributed by atoms with Crippen LogP contribution in [0.25, 0.3) is 5.52 Å². The van der Waals surface area contributed by atoms with Crippen molar-refractivity contribution < 1.29 is 23.5 Å². The summed E-state index contributed by atoms with van der Waals surface area (Å²) in [6.07, 6.45) is 7.92. The minimum Gasteiger partial charge on any atom is -0.463 e. The monoisotopic (exact) mass is 541 g/mol. The minimum absolute atomic E-state index is 0.0666. The predicted molar refractivity (Wildman–Crippen MR) is 144 cm³/mol. The molecule has 2 aromatic rings. The molecule has 0 bridgehead atoms. The molecule has 38 heavy (non-hydrogen) atoms. The third-order valence-corrected chi connectivity index (χ3v) is 8.11. The molecular formula is C27H39N5O5Si. The lowest BCUT2D eigenvalue weighted by molar-refractivity contribution is -0.150. The van der Waals surface area contributed by atoms with Gasteiger partial charge < -0.3 is 19.2 Å². The van der Waals surface area contributed by atoms with Crippen LogP contribution in [0.1, 0.15) is 70.4 Å². The number of amides is 1. The van der Waals surface area contributed by atoms with Gasteiger partial charge in [0.1, 0.15) is 24.5 Å². The second-order valence-electron chi connectivity index (χ2n) is 11.4. The largest absolute Gasteiger partial charge is 0.463 e. The lowest BCUT2D eigenvalue weighted by Crippen LogP contribution is -2.44. The van der Waals surface area contributed by atoms with Crippen LogP contribution in [0.5, 0.6) is 0 Å². The zero-order chi connectivity index (χ0) is 27.3. The number of nitrogens with zero attached hydrogens (tertiary/aromatic N) is 4. The summed E-state index contributed by atoms with van der Waals surface area (Å²) >= 11 is 0. The minimum atomic E-state index is -2.09. The zero-order valence-corrected chi connectivity index (χ0v) is 23.9. The van der Waals surface area contributed by atoms with Crippen molar-refractivity contribution in [1.82, 2.24) is 14.6 Å². The smallest absolute Gasteiger partial charge is 0.306 e. The summed E-state index contributed by atoms with van der Waals surface area (Å²) in [6, 6.07) is 5.91. The van der Waals surface area contributed by atoms with Gasteiger partial charge in [0.2, 0.25) is 11.5 Å². The molecule has 1 aliphatic carbocycles. The average Bonchev–Trinajstić information content (AvgIpc) is 3.45. The molecule has 206 valence electrons. The highest BCUT2D eigenvalue weighted by Crippen LogP contribution is 2.43. The quantitative estimate of drug-likeness (QED) is 0.338. The van der Waals surface area contributed by atoms with E-state index >= 15 is 0 Å². The van der Waals surface area contributed by atoms with Crippen molar-refractivity contribution in [3.8, 4) is 6.07 Å². The van der Waals surface area contributed by atoms with Gasteiger partial charge in [-0.15, -0.1) is 0 Å². The number of anilines is 1. The fourth-order valence-electron chi connectivity index (χ4n) is 5.44. The number of fused-ring (bicyclic) bond motifs is 1. The first-order valence-electron chi connectivity index (χ1n) is 13.7. The van der Waals surface area contributed by atoms with Crippen LogP contribution in [0, 0.1) is 17.2 Å². The highest BCUT2D eigenvalue weighted by molar-refractivity contribution is 6.69. The van der Waals surface area contributed by atoms with E-state index < -0.39 is 26.1 Å². The van der Waals surface area contributed by atoms with Crippen LogP contribution >= 0.6 is 0 Å². The lowest BCUT2D eigenvalue weighted by atomic mass is 9.87. The summed E-state index contributed by atoms with van der Waals surface area (Å²) < 4.78 is 20.1. The first-order chi connectivity index (χ1) is 18.1. The fraction of sp³-hybridized carbons (Fsp3) is 0.667. The van der Waals surface area contributed by atoms with Gasteiger partial charge in [0.15, 0.2) is 14.1 Å². The molecule has 2 aliphatic rings. The van der Waals surface area contributed by atoms with Gasteiger partial charge in [-0.25, -0.2) is 9.50 Å². The van der Waals surface area contributed by atoms with Crippen molar-refractivity contribution >= 4 is 31.5 Å². The number of hydrogen-bond donors (Lipinski definition) is 1. The van der Waals surface area contributed by atoms with Crippen molar-refractivity contribution in [2.45, 2.75) is 102 Å². The van der Waals surface area contributed by atoms with Crippen LogP contribution in [-0.4, -0.2) is 53.6 Å². The summed E-state index contributed by atoms with van der Waals surface area (Å²) in [7, 11) is -2.09. The van der Waals surface area contributed by atoms with Gasteiger partial charge >= 0.3 is 5.97 Å². The Morgan fingerprint density at radius 3 is 2.71 bits per heavy atom. The number of carbonyl (C=O) groups excluding carboxylic acids is 2. The first-order valence-corrected chi connectivity index (χ1v) is 17.1. The molecule has 10 nitrogen and oxygen atoms in total. The Morgan fingerprint density at radius 2 is 2.03 bits per heavy atom. The van der Waals surface area contributed by atoms with Crippen LogP contribution < -0.4 is 5.32 Å². The van der Waals surface area contributed by atoms with E-state index in [1.165, 1.54) is 25.6 Å². The van der Waals surface area contributed by atoms with E-state index in [4.69, 9.17) is 13.9 Å². The van der Waals surface area contributed by atoms with Crippen LogP contribution in [0.4, 0.5) is 5.82 Å². The third-order valence-electron chi connectivity index (χ3n) is 7.12. The Balaban J connectivity index is 1.57. The van der Waals surface area contributed by atoms with E-state index in [-0.39, 0.29) is 18.5 Å². The molecular weight excluding hydrogens is 502 g/mol. The molecule has 0 aromatic carbocycles. The Kier molecular flexibility index (Phi) is 8.85. The highest BCUT2D eigenvalue weighted by Gasteiger charge is 2.54. The van der Waals surface area contributed by atoms with Crippen molar-refractivity contribution in [3.05, 3.63) is 24.2 Å². The van der Waals surface area contributed by atoms with E-state index in [0.717, 1.165) is 12.8 Å². The Bertz CT molecular complexity index is 1180. The molecule has 2 aromatic heterocycles. The predicted octanol–water partition coefficient (Wildman–Crippen LogP) is 4.71. The molecule has 1 aliphatic heterocycles. The lowest BCUT2D eigenvalue weighted by Gasteiger charge is -2.32. The van der Waals surface area contributed by atoms with Gasteiger partial charge in [0.05, 0.1) is 17.9 Å². The molecule has 11 heteroatoms. The van der Waals surface area contributed by atoms with Crippen LogP contribution in [-0.2, 0) is 29.1 Å². The molecule has 3 atom stereocenters. The number of nitriles is 1. The topological polar surface area (TPSA) is 128 Å². The van der Waals surface area contributed by atoms with Gasteiger partial charge in [-0.3, -0.25) is 9.59 Å². The average molecular weight is 542 g/mol. The molecule has 3 heterocycles. The van der Waals surface area contributed by atoms with Gasteiger partial charge in [0, 0.05) is 19.3 Å². The number of hydrogen-bond acceptors (Lipinski definition) is 8. The molecule has 2 fully saturated rings. The summed E-state index contributed by atoms with van der Waals surface area (Å²) in [5, 5.41) is 17.7. The first kappa shape index (κ1) is 28.2. The maximum atomic E-state index is 12.6. The van der Waals surface area contributed by atoms with Crippen LogP contribution in [0.2, 0.25) is 19.6 Å². The molecule has 1 saturated heterocycles. The number of nitrogens with one attached hydrogen (secondary N) is 1. The maximum Gasteiger partial charge on any atom is 0.306 e. The maximum absolute atomic E-state index is 12.6. The van der Waals surface area contributed by atoms with Gasteiger partial charge in [-0.2, -0.15) is 10.4 Å². The SMILES string of the molecule is CCCC(=O)Nc1ncnn2c([C@]3(C#N)O[C@@H](COC(=O)CC4CCCCC4)C[C@H]3O[Si](C)(C)C)ccc12. The third kappa shape index (κ3) is 6.42. The highest BCUT2D eigenvalue weighted by atomic mass is 28.4. The molecule has 1 N–H and O–H groups in total. The molecule has 0 radical (unpaired) electrons. The molecule has 1 amide bonds. The zero-order valence-electron chi connectivity index (χ0n) is 22.9. The number of ether oxygens (including phenoxy) is 2. The van der Waals surface area contributed by atoms with Gasteiger partial charge in [-0.05, 0) is 57.0 Å². The van der Waals surface area contributed by atoms with Gasteiger partial charge in [-0.1, -0.05) is 26.2 Å². The summed E-state index contributed by atoms with van der Waals surface area (Å²) in [4.78, 5) is 29.0. The Morgan fingerprint density at radius 1 is 1.26 bits per heavy atom. The van der Waals surface area contributed by atoms with Crippen molar-refractivity contribution in [2.24, 2.45) is 5.92 Å². The van der Waals surface area contributed by atoms with Crippen LogP contribution in [0.15, 0.2) is 18.5 Å². The summed E-state index contributed by atoms with van der Waals surface area (Å²) in [6.45, 7) is 8.18. The molecule has 1 saturated carbocycles. The van der Waals surface area contributed by atoms with Crippen molar-refractivity contribution in [2.75, 3.05) is 11.9 Å². The number of aromatic nitrogens is 3. The Labute approximate surface area is 225 Å². The number of carbonyl (C=O) groups is 2. The van der Waals surface area contributed by atoms with Gasteiger partial charge in [0.25, 0.3) is 0 Å². The normalized spacial score (nSPS) is 24.3. The summed E-state index contributed by atoms with van der Waals surface area (Å²) in [5.41, 5.74) is -0.423. The van der Waals surface area contributed by atoms with Crippen LogP contribution in [0.3, 0.4) is 0 Å². The number of rotatable bonds is 10. The van der Waals surface area contributed by atoms with E-state index in [1.807, 2.05) is 6.92 Å². The van der Waals surface area contributed by atoms with Crippen molar-refractivity contribution in [1.29, 1.82) is 5.26 Å². The van der Waals surface area contributed by atoms with Crippen molar-refractivity contribution in [3.63, 3.8) is 0 Å². The van der Waals surface area contributed by atoms with E-state index in [2.05, 4.69) is 41.1 Å². The molecule has 0 spiro atoms. The molecule has 4 rings (SSSR count). The van der Waals surface area contributed by atoms with E-state index in [0.29, 0.717) is 48.6 Å². The Hall–Kier alpha value is -2.81. The van der Waals surface area contributed by atoms with E-state index in [1.54, 1.807) is 16.6 Å². The fourth-order valence-corrected chi connectivity index (χ4v) is 6.55. The van der Waals surface area contributed by atoms with E-state index in [9.17, 15) is 14.9 Å². The second kappa shape index (κ2) is 11.9. The summed E-state index contributed by atoms with van der Waals surface area (Å²) in [5.74, 6) is 0.399. The second-order valence-corrected chi connectivity index (χ2v) is 15.8. The molecule has 0 unspecified atom stereocenters. The standard InChI is InChI=1S/C27H39N5O5Si/c1-5-9-24(33)31-26-21-12-13-22(32(21)30-18-29-26)27(17-28)23(37-38(2,3)4)15-20(36-27)16-35-25(34)14-19-10-7-6-8-11-19/h12-13,18-20,23H,5-11,14-16H2,1-4H3,(H,29,30,31,33)/t20-,23-,27+/m1/s1. The number of esters is 1.